The van der Waals surface area contributed by atoms with Gasteiger partial charge in [0.15, 0.2) is 5.60 Å². The Labute approximate surface area is 161 Å². The number of hydrogen-bond acceptors (Lipinski definition) is 3. The predicted octanol–water partition coefficient (Wildman–Crippen LogP) is 5.65. The molecule has 0 spiro atoms. The molecule has 1 aliphatic rings. The van der Waals surface area contributed by atoms with Crippen LogP contribution in [0.15, 0.2) is 0 Å². The number of carbonyl (C=O) groups excluding carboxylic acids is 1. The van der Waals surface area contributed by atoms with Crippen LogP contribution in [0.4, 0.5) is 26.3 Å². The van der Waals surface area contributed by atoms with E-state index < -0.39 is 59.1 Å². The SMILES string of the molecule is CCC(C)(C)C(=O)OC1CC(C(C)(C)C(F)(F)F)CC(C(C)(O)C(F)(F)F)C1. The van der Waals surface area contributed by atoms with E-state index in [2.05, 4.69) is 0 Å². The Morgan fingerprint density at radius 1 is 0.893 bits per heavy atom. The van der Waals surface area contributed by atoms with Gasteiger partial charge in [0.1, 0.15) is 6.10 Å². The van der Waals surface area contributed by atoms with E-state index in [9.17, 15) is 36.2 Å². The van der Waals surface area contributed by atoms with Crippen molar-refractivity contribution in [2.45, 2.75) is 91.3 Å². The van der Waals surface area contributed by atoms with E-state index in [4.69, 9.17) is 4.74 Å². The first kappa shape index (κ1) is 25.0. The fourth-order valence-electron chi connectivity index (χ4n) is 3.33. The van der Waals surface area contributed by atoms with Crippen molar-refractivity contribution in [2.75, 3.05) is 0 Å². The zero-order chi connectivity index (χ0) is 22.3. The lowest BCUT2D eigenvalue weighted by molar-refractivity contribution is -0.287. The minimum atomic E-state index is -5.01. The van der Waals surface area contributed by atoms with E-state index in [0.717, 1.165) is 13.8 Å². The molecule has 1 saturated carbocycles. The Hall–Kier alpha value is -0.990. The molecule has 1 aliphatic carbocycles. The summed E-state index contributed by atoms with van der Waals surface area (Å²) in [5.74, 6) is -3.42. The summed E-state index contributed by atoms with van der Waals surface area (Å²) in [4.78, 5) is 12.3. The molecule has 3 nitrogen and oxygen atoms in total. The fraction of sp³-hybridized carbons (Fsp3) is 0.947. The molecule has 4 atom stereocenters. The number of rotatable bonds is 5. The van der Waals surface area contributed by atoms with Gasteiger partial charge in [-0.25, -0.2) is 0 Å². The topological polar surface area (TPSA) is 46.5 Å². The lowest BCUT2D eigenvalue weighted by atomic mass is 9.63. The Morgan fingerprint density at radius 2 is 1.36 bits per heavy atom. The van der Waals surface area contributed by atoms with Crippen LogP contribution in [0.5, 0.6) is 0 Å². The lowest BCUT2D eigenvalue weighted by Gasteiger charge is -2.47. The smallest absolute Gasteiger partial charge is 0.417 e. The normalized spacial score (nSPS) is 27.2. The van der Waals surface area contributed by atoms with Crippen LogP contribution in [-0.2, 0) is 9.53 Å². The minimum absolute atomic E-state index is 0.206. The Balaban J connectivity index is 3.23. The highest BCUT2D eigenvalue weighted by Gasteiger charge is 2.60. The second-order valence-electron chi connectivity index (χ2n) is 9.23. The fourth-order valence-corrected chi connectivity index (χ4v) is 3.33. The van der Waals surface area contributed by atoms with Crippen molar-refractivity contribution in [3.63, 3.8) is 0 Å². The average Bonchev–Trinajstić information content (AvgIpc) is 2.52. The van der Waals surface area contributed by atoms with Crippen LogP contribution < -0.4 is 0 Å². The van der Waals surface area contributed by atoms with Gasteiger partial charge in [-0.1, -0.05) is 20.8 Å². The van der Waals surface area contributed by atoms with E-state index in [-0.39, 0.29) is 12.8 Å². The number of aliphatic hydroxyl groups is 1. The standard InChI is InChI=1S/C19H30F6O3/c1-7-15(2,3)14(26)28-13-9-11(16(4,5)18(20,21)22)8-12(10-13)17(6,27)19(23,24)25/h11-13,27H,7-10H2,1-6H3. The molecular weight excluding hydrogens is 390 g/mol. The number of carbonyl (C=O) groups is 1. The quantitative estimate of drug-likeness (QED) is 0.462. The lowest BCUT2D eigenvalue weighted by Crippen LogP contribution is -2.54. The van der Waals surface area contributed by atoms with Gasteiger partial charge in [-0.15, -0.1) is 0 Å². The summed E-state index contributed by atoms with van der Waals surface area (Å²) >= 11 is 0. The van der Waals surface area contributed by atoms with Crippen molar-refractivity contribution >= 4 is 5.97 Å². The molecule has 0 aromatic heterocycles. The molecule has 0 aromatic rings. The summed E-state index contributed by atoms with van der Waals surface area (Å²) < 4.78 is 85.9. The first-order valence-corrected chi connectivity index (χ1v) is 9.34. The number of ether oxygens (including phenoxy) is 1. The summed E-state index contributed by atoms with van der Waals surface area (Å²) in [6.45, 7) is 7.34. The largest absolute Gasteiger partial charge is 0.462 e. The van der Waals surface area contributed by atoms with Crippen molar-refractivity contribution in [3.8, 4) is 0 Å². The molecule has 4 unspecified atom stereocenters. The van der Waals surface area contributed by atoms with Gasteiger partial charge in [-0.05, 0) is 52.4 Å². The van der Waals surface area contributed by atoms with E-state index in [0.29, 0.717) is 13.3 Å². The first-order chi connectivity index (χ1) is 12.3. The van der Waals surface area contributed by atoms with Crippen molar-refractivity contribution in [2.24, 2.45) is 22.7 Å². The molecule has 0 saturated heterocycles. The number of halogens is 6. The highest BCUT2D eigenvalue weighted by molar-refractivity contribution is 5.76. The Bertz CT molecular complexity index is 529. The summed E-state index contributed by atoms with van der Waals surface area (Å²) in [5.41, 5.74) is -6.38. The van der Waals surface area contributed by atoms with Crippen LogP contribution in [0.1, 0.15) is 67.2 Å². The third-order valence-corrected chi connectivity index (χ3v) is 6.49. The van der Waals surface area contributed by atoms with Gasteiger partial charge < -0.3 is 9.84 Å². The van der Waals surface area contributed by atoms with Crippen LogP contribution in [-0.4, -0.2) is 35.1 Å². The van der Waals surface area contributed by atoms with Gasteiger partial charge in [0.2, 0.25) is 0 Å². The second kappa shape index (κ2) is 7.69. The zero-order valence-electron chi connectivity index (χ0n) is 17.1. The Kier molecular flexibility index (Phi) is 6.87. The zero-order valence-corrected chi connectivity index (χ0v) is 17.1. The molecule has 1 rings (SSSR count). The van der Waals surface area contributed by atoms with Crippen LogP contribution in [0.3, 0.4) is 0 Å². The minimum Gasteiger partial charge on any atom is -0.462 e. The molecule has 9 heteroatoms. The van der Waals surface area contributed by atoms with Crippen molar-refractivity contribution < 1.29 is 41.0 Å². The molecule has 166 valence electrons. The van der Waals surface area contributed by atoms with Gasteiger partial charge in [0.05, 0.1) is 10.8 Å². The number of alkyl halides is 6. The molecule has 0 heterocycles. The summed E-state index contributed by atoms with van der Waals surface area (Å²) in [6.07, 6.45) is -11.4. The van der Waals surface area contributed by atoms with Gasteiger partial charge in [0.25, 0.3) is 0 Å². The Morgan fingerprint density at radius 3 is 1.75 bits per heavy atom. The third kappa shape index (κ3) is 4.94. The average molecular weight is 420 g/mol. The van der Waals surface area contributed by atoms with E-state index in [1.165, 1.54) is 0 Å². The van der Waals surface area contributed by atoms with Crippen molar-refractivity contribution in [1.82, 2.24) is 0 Å². The van der Waals surface area contributed by atoms with Crippen LogP contribution in [0.25, 0.3) is 0 Å². The highest BCUT2D eigenvalue weighted by atomic mass is 19.4. The molecule has 1 fully saturated rings. The van der Waals surface area contributed by atoms with Crippen LogP contribution in [0, 0.1) is 22.7 Å². The summed E-state index contributed by atoms with van der Waals surface area (Å²) in [6, 6.07) is 0. The first-order valence-electron chi connectivity index (χ1n) is 9.34. The van der Waals surface area contributed by atoms with Gasteiger partial charge in [-0.3, -0.25) is 4.79 Å². The molecule has 0 amide bonds. The second-order valence-corrected chi connectivity index (χ2v) is 9.23. The summed E-state index contributed by atoms with van der Waals surface area (Å²) in [5, 5.41) is 10.1. The van der Waals surface area contributed by atoms with Gasteiger partial charge in [0, 0.05) is 5.92 Å². The maximum atomic E-state index is 13.5. The van der Waals surface area contributed by atoms with Crippen molar-refractivity contribution in [3.05, 3.63) is 0 Å². The maximum absolute atomic E-state index is 13.5. The maximum Gasteiger partial charge on any atom is 0.417 e. The molecule has 0 aromatic carbocycles. The monoisotopic (exact) mass is 420 g/mol. The predicted molar refractivity (Wildman–Crippen MR) is 91.3 cm³/mol. The molecule has 1 N–H and O–H groups in total. The highest BCUT2D eigenvalue weighted by Crippen LogP contribution is 2.53. The third-order valence-electron chi connectivity index (χ3n) is 6.49. The number of esters is 1. The van der Waals surface area contributed by atoms with E-state index >= 15 is 0 Å². The van der Waals surface area contributed by atoms with Gasteiger partial charge >= 0.3 is 18.3 Å². The van der Waals surface area contributed by atoms with E-state index in [1.54, 1.807) is 20.8 Å². The van der Waals surface area contributed by atoms with E-state index in [1.807, 2.05) is 0 Å². The summed E-state index contributed by atoms with van der Waals surface area (Å²) in [7, 11) is 0. The van der Waals surface area contributed by atoms with Gasteiger partial charge in [-0.2, -0.15) is 26.3 Å². The van der Waals surface area contributed by atoms with Crippen molar-refractivity contribution in [1.29, 1.82) is 0 Å². The molecule has 0 bridgehead atoms. The molecule has 0 radical (unpaired) electrons. The molecule has 28 heavy (non-hydrogen) atoms. The molecule has 0 aliphatic heterocycles. The van der Waals surface area contributed by atoms with Crippen LogP contribution in [0.2, 0.25) is 0 Å². The molecular formula is C19H30F6O3. The number of hydrogen-bond donors (Lipinski definition) is 1. The van der Waals surface area contributed by atoms with Crippen LogP contribution >= 0.6 is 0 Å².